The molecule has 0 radical (unpaired) electrons. The van der Waals surface area contributed by atoms with E-state index in [2.05, 4.69) is 25.3 Å². The summed E-state index contributed by atoms with van der Waals surface area (Å²) in [6, 6.07) is 5.11. The second-order valence-corrected chi connectivity index (χ2v) is 3.95. The molecule has 0 bridgehead atoms. The Morgan fingerprint density at radius 3 is 2.94 bits per heavy atom. The number of aromatic nitrogens is 4. The van der Waals surface area contributed by atoms with Crippen LogP contribution in [0.25, 0.3) is 11.2 Å². The fourth-order valence-electron chi connectivity index (χ4n) is 1.77. The van der Waals surface area contributed by atoms with Gasteiger partial charge in [-0.2, -0.15) is 0 Å². The number of aryl methyl sites for hydroxylation is 1. The van der Waals surface area contributed by atoms with Gasteiger partial charge in [0.25, 0.3) is 0 Å². The minimum atomic E-state index is 0.241. The van der Waals surface area contributed by atoms with E-state index in [1.807, 2.05) is 6.92 Å². The van der Waals surface area contributed by atoms with Crippen LogP contribution in [-0.4, -0.2) is 25.0 Å². The second kappa shape index (κ2) is 3.99. The van der Waals surface area contributed by atoms with Gasteiger partial charge >= 0.3 is 0 Å². The summed E-state index contributed by atoms with van der Waals surface area (Å²) >= 11 is 0. The third kappa shape index (κ3) is 1.73. The molecule has 0 spiro atoms. The van der Waals surface area contributed by atoms with E-state index in [1.165, 1.54) is 6.33 Å². The highest BCUT2D eigenvalue weighted by Crippen LogP contribution is 2.25. The maximum atomic E-state index is 9.37. The molecule has 3 N–H and O–H groups in total. The van der Waals surface area contributed by atoms with Gasteiger partial charge in [-0.15, -0.1) is 0 Å². The molecular weight excluding hydrogens is 230 g/mol. The van der Waals surface area contributed by atoms with E-state index in [-0.39, 0.29) is 5.75 Å². The van der Waals surface area contributed by atoms with E-state index in [1.54, 1.807) is 24.5 Å². The third-order valence-electron chi connectivity index (χ3n) is 2.68. The van der Waals surface area contributed by atoms with Crippen LogP contribution in [0.3, 0.4) is 0 Å². The number of phenols is 1. The Morgan fingerprint density at radius 2 is 2.11 bits per heavy atom. The van der Waals surface area contributed by atoms with Crippen molar-refractivity contribution in [2.45, 2.75) is 6.92 Å². The van der Waals surface area contributed by atoms with Gasteiger partial charge in [-0.1, -0.05) is 0 Å². The summed E-state index contributed by atoms with van der Waals surface area (Å²) in [6.07, 6.45) is 3.05. The van der Waals surface area contributed by atoms with Crippen molar-refractivity contribution in [2.75, 3.05) is 5.32 Å². The minimum absolute atomic E-state index is 0.241. The molecular formula is C12H11N5O. The fraction of sp³-hybridized carbons (Fsp3) is 0.0833. The molecule has 0 fully saturated rings. The normalized spacial score (nSPS) is 10.7. The molecule has 3 aromatic rings. The van der Waals surface area contributed by atoms with Crippen LogP contribution in [-0.2, 0) is 0 Å². The van der Waals surface area contributed by atoms with Crippen LogP contribution >= 0.6 is 0 Å². The number of nitrogens with zero attached hydrogens (tertiary/aromatic N) is 3. The predicted octanol–water partition coefficient (Wildman–Crippen LogP) is 2.11. The lowest BCUT2D eigenvalue weighted by atomic mass is 10.2. The molecule has 6 nitrogen and oxygen atoms in total. The number of rotatable bonds is 2. The van der Waals surface area contributed by atoms with E-state index in [9.17, 15) is 5.11 Å². The summed E-state index contributed by atoms with van der Waals surface area (Å²) in [5, 5.41) is 12.6. The zero-order chi connectivity index (χ0) is 12.5. The number of phenolic OH excluding ortho intramolecular Hbond substituents is 1. The van der Waals surface area contributed by atoms with Crippen LogP contribution in [0.15, 0.2) is 30.9 Å². The van der Waals surface area contributed by atoms with Crippen LogP contribution in [0.2, 0.25) is 0 Å². The van der Waals surface area contributed by atoms with Gasteiger partial charge in [0.05, 0.1) is 6.33 Å². The number of fused-ring (bicyclic) bond motifs is 1. The van der Waals surface area contributed by atoms with Crippen molar-refractivity contribution in [3.63, 3.8) is 0 Å². The summed E-state index contributed by atoms with van der Waals surface area (Å²) in [6.45, 7) is 1.91. The zero-order valence-corrected chi connectivity index (χ0v) is 9.68. The van der Waals surface area contributed by atoms with Gasteiger partial charge in [-0.05, 0) is 30.7 Å². The average molecular weight is 241 g/mol. The van der Waals surface area contributed by atoms with Gasteiger partial charge in [0.15, 0.2) is 17.0 Å². The van der Waals surface area contributed by atoms with Crippen molar-refractivity contribution < 1.29 is 5.11 Å². The molecule has 0 saturated carbocycles. The molecule has 0 unspecified atom stereocenters. The van der Waals surface area contributed by atoms with Crippen LogP contribution in [0.1, 0.15) is 5.56 Å². The maximum absolute atomic E-state index is 9.37. The number of hydrogen-bond donors (Lipinski definition) is 3. The average Bonchev–Trinajstić information content (AvgIpc) is 2.82. The highest BCUT2D eigenvalue weighted by Gasteiger charge is 2.07. The smallest absolute Gasteiger partial charge is 0.162 e. The largest absolute Gasteiger partial charge is 0.508 e. The van der Waals surface area contributed by atoms with Crippen molar-refractivity contribution in [1.29, 1.82) is 0 Å². The minimum Gasteiger partial charge on any atom is -0.508 e. The number of aromatic hydroxyl groups is 1. The first-order valence-electron chi connectivity index (χ1n) is 5.45. The number of hydrogen-bond acceptors (Lipinski definition) is 5. The first-order chi connectivity index (χ1) is 8.74. The molecule has 6 heteroatoms. The first kappa shape index (κ1) is 10.5. The van der Waals surface area contributed by atoms with E-state index in [0.717, 1.165) is 11.3 Å². The Hall–Kier alpha value is -2.63. The number of imidazole rings is 1. The molecule has 3 rings (SSSR count). The van der Waals surface area contributed by atoms with Crippen molar-refractivity contribution in [3.05, 3.63) is 36.4 Å². The van der Waals surface area contributed by atoms with E-state index >= 15 is 0 Å². The molecule has 0 amide bonds. The number of aromatic amines is 1. The summed E-state index contributed by atoms with van der Waals surface area (Å²) in [4.78, 5) is 15.3. The molecule has 18 heavy (non-hydrogen) atoms. The number of anilines is 2. The van der Waals surface area contributed by atoms with Crippen LogP contribution in [0, 0.1) is 6.92 Å². The highest BCUT2D eigenvalue weighted by molar-refractivity contribution is 5.84. The van der Waals surface area contributed by atoms with Gasteiger partial charge in [0, 0.05) is 5.69 Å². The quantitative estimate of drug-likeness (QED) is 0.598. The lowest BCUT2D eigenvalue weighted by Gasteiger charge is -2.08. The lowest BCUT2D eigenvalue weighted by molar-refractivity contribution is 0.475. The number of benzene rings is 1. The summed E-state index contributed by atoms with van der Waals surface area (Å²) in [5.41, 5.74) is 3.17. The highest BCUT2D eigenvalue weighted by atomic mass is 16.3. The van der Waals surface area contributed by atoms with Gasteiger partial charge in [-0.25, -0.2) is 15.0 Å². The standard InChI is InChI=1S/C12H11N5O/c1-7-4-8(18)2-3-9(7)17-12-10-11(14-5-13-10)15-6-16-12/h2-6,18H,1H3,(H2,13,14,15,16,17). The summed E-state index contributed by atoms with van der Waals surface area (Å²) < 4.78 is 0. The van der Waals surface area contributed by atoms with Crippen LogP contribution < -0.4 is 5.32 Å². The van der Waals surface area contributed by atoms with Gasteiger partial charge in [0.1, 0.15) is 12.1 Å². The Balaban J connectivity index is 2.03. The van der Waals surface area contributed by atoms with Crippen LogP contribution in [0.4, 0.5) is 11.5 Å². The summed E-state index contributed by atoms with van der Waals surface area (Å²) in [5.74, 6) is 0.876. The van der Waals surface area contributed by atoms with Gasteiger partial charge in [-0.3, -0.25) is 0 Å². The molecule has 0 atom stereocenters. The zero-order valence-electron chi connectivity index (χ0n) is 9.68. The number of nitrogens with one attached hydrogen (secondary N) is 2. The number of H-pyrrole nitrogens is 1. The first-order valence-corrected chi connectivity index (χ1v) is 5.45. The Labute approximate surface area is 103 Å². The Morgan fingerprint density at radius 1 is 1.22 bits per heavy atom. The van der Waals surface area contributed by atoms with Crippen molar-refractivity contribution >= 4 is 22.7 Å². The SMILES string of the molecule is Cc1cc(O)ccc1Nc1ncnc2[nH]cnc12. The van der Waals surface area contributed by atoms with Gasteiger partial charge < -0.3 is 15.4 Å². The van der Waals surface area contributed by atoms with E-state index in [4.69, 9.17) is 0 Å². The third-order valence-corrected chi connectivity index (χ3v) is 2.68. The second-order valence-electron chi connectivity index (χ2n) is 3.95. The molecule has 1 aromatic carbocycles. The molecule has 2 aromatic heterocycles. The van der Waals surface area contributed by atoms with E-state index in [0.29, 0.717) is 17.0 Å². The summed E-state index contributed by atoms with van der Waals surface area (Å²) in [7, 11) is 0. The van der Waals surface area contributed by atoms with Crippen molar-refractivity contribution in [1.82, 2.24) is 19.9 Å². The van der Waals surface area contributed by atoms with E-state index < -0.39 is 0 Å². The molecule has 0 aliphatic heterocycles. The monoisotopic (exact) mass is 241 g/mol. The Bertz CT molecular complexity index is 707. The molecule has 90 valence electrons. The fourth-order valence-corrected chi connectivity index (χ4v) is 1.77. The topological polar surface area (TPSA) is 86.7 Å². The van der Waals surface area contributed by atoms with Gasteiger partial charge in [0.2, 0.25) is 0 Å². The molecule has 2 heterocycles. The van der Waals surface area contributed by atoms with Crippen molar-refractivity contribution in [2.24, 2.45) is 0 Å². The maximum Gasteiger partial charge on any atom is 0.162 e. The Kier molecular flexibility index (Phi) is 2.33. The molecule has 0 aliphatic carbocycles. The molecule has 0 saturated heterocycles. The lowest BCUT2D eigenvalue weighted by Crippen LogP contribution is -1.97. The van der Waals surface area contributed by atoms with Crippen LogP contribution in [0.5, 0.6) is 5.75 Å². The predicted molar refractivity (Wildman–Crippen MR) is 67.8 cm³/mol. The van der Waals surface area contributed by atoms with Crippen molar-refractivity contribution in [3.8, 4) is 5.75 Å². The molecule has 0 aliphatic rings.